The zero-order valence-corrected chi connectivity index (χ0v) is 11.2. The van der Waals surface area contributed by atoms with Crippen LogP contribution in [-0.2, 0) is 5.41 Å². The van der Waals surface area contributed by atoms with Crippen molar-refractivity contribution in [3.05, 3.63) is 11.8 Å². The fraction of sp³-hybridized carbons (Fsp3) is 0.769. The molecule has 0 aromatic carbocycles. The van der Waals surface area contributed by atoms with Gasteiger partial charge in [-0.25, -0.2) is 0 Å². The van der Waals surface area contributed by atoms with Crippen LogP contribution in [0.4, 0.5) is 4.39 Å². The molecular weight excluding hydrogens is 221 g/mol. The summed E-state index contributed by atoms with van der Waals surface area (Å²) in [6.07, 6.45) is 4.35. The third-order valence-corrected chi connectivity index (χ3v) is 3.21. The average molecular weight is 243 g/mol. The maximum absolute atomic E-state index is 13.1. The van der Waals surface area contributed by atoms with Crippen LogP contribution in [0.2, 0.25) is 0 Å². The SMILES string of the molecule is CCCCC(C)(CCC)c1nc(F)oc1OC. The second-order valence-corrected chi connectivity index (χ2v) is 4.72. The Morgan fingerprint density at radius 3 is 2.53 bits per heavy atom. The second-order valence-electron chi connectivity index (χ2n) is 4.72. The predicted octanol–water partition coefficient (Wildman–Crippen LogP) is 4.07. The lowest BCUT2D eigenvalue weighted by molar-refractivity contribution is 0.239. The first-order chi connectivity index (χ1) is 8.07. The lowest BCUT2D eigenvalue weighted by Gasteiger charge is -2.27. The van der Waals surface area contributed by atoms with Gasteiger partial charge in [-0.1, -0.05) is 40.0 Å². The summed E-state index contributed by atoms with van der Waals surface area (Å²) in [6, 6.07) is 0. The highest BCUT2D eigenvalue weighted by Gasteiger charge is 2.33. The third-order valence-electron chi connectivity index (χ3n) is 3.21. The van der Waals surface area contributed by atoms with Crippen LogP contribution >= 0.6 is 0 Å². The van der Waals surface area contributed by atoms with Crippen LogP contribution in [-0.4, -0.2) is 12.1 Å². The van der Waals surface area contributed by atoms with Crippen molar-refractivity contribution in [2.45, 2.75) is 58.3 Å². The third kappa shape index (κ3) is 3.20. The molecule has 0 radical (unpaired) electrons. The maximum Gasteiger partial charge on any atom is 0.384 e. The summed E-state index contributed by atoms with van der Waals surface area (Å²) in [5.74, 6) is 0.217. The van der Waals surface area contributed by atoms with Crippen molar-refractivity contribution in [1.82, 2.24) is 4.98 Å². The minimum absolute atomic E-state index is 0.163. The van der Waals surface area contributed by atoms with Crippen molar-refractivity contribution in [1.29, 1.82) is 0 Å². The van der Waals surface area contributed by atoms with E-state index in [4.69, 9.17) is 9.15 Å². The van der Waals surface area contributed by atoms with Gasteiger partial charge in [0.25, 0.3) is 0 Å². The molecule has 0 aliphatic heterocycles. The molecule has 98 valence electrons. The summed E-state index contributed by atoms with van der Waals surface area (Å²) in [4.78, 5) is 3.87. The van der Waals surface area contributed by atoms with E-state index in [-0.39, 0.29) is 11.4 Å². The Morgan fingerprint density at radius 1 is 1.29 bits per heavy atom. The zero-order valence-electron chi connectivity index (χ0n) is 11.2. The van der Waals surface area contributed by atoms with Crippen molar-refractivity contribution < 1.29 is 13.5 Å². The van der Waals surface area contributed by atoms with E-state index in [2.05, 4.69) is 25.8 Å². The Hall–Kier alpha value is -1.06. The molecule has 1 aromatic heterocycles. The molecule has 0 N–H and O–H groups in total. The zero-order chi connectivity index (χ0) is 12.9. The minimum Gasteiger partial charge on any atom is -0.467 e. The smallest absolute Gasteiger partial charge is 0.384 e. The van der Waals surface area contributed by atoms with Gasteiger partial charge in [-0.2, -0.15) is 4.98 Å². The highest BCUT2D eigenvalue weighted by atomic mass is 19.1. The molecule has 0 fully saturated rings. The lowest BCUT2D eigenvalue weighted by Crippen LogP contribution is -2.23. The molecule has 3 nitrogen and oxygen atoms in total. The number of hydrogen-bond acceptors (Lipinski definition) is 3. The number of methoxy groups -OCH3 is 1. The van der Waals surface area contributed by atoms with Gasteiger partial charge in [-0.05, 0) is 12.8 Å². The Balaban J connectivity index is 3.02. The van der Waals surface area contributed by atoms with E-state index in [1.165, 1.54) is 7.11 Å². The molecule has 1 atom stereocenters. The monoisotopic (exact) mass is 243 g/mol. The van der Waals surface area contributed by atoms with Crippen LogP contribution in [0.25, 0.3) is 0 Å². The molecule has 0 aliphatic carbocycles. The first kappa shape index (κ1) is 14.0. The van der Waals surface area contributed by atoms with E-state index in [0.717, 1.165) is 32.1 Å². The summed E-state index contributed by atoms with van der Waals surface area (Å²) in [5, 5.41) is 0. The van der Waals surface area contributed by atoms with Crippen LogP contribution in [0.15, 0.2) is 4.42 Å². The van der Waals surface area contributed by atoms with E-state index >= 15 is 0 Å². The van der Waals surface area contributed by atoms with Crippen LogP contribution in [0.5, 0.6) is 5.95 Å². The number of unbranched alkanes of at least 4 members (excludes halogenated alkanes) is 1. The molecule has 0 saturated carbocycles. The molecule has 0 bridgehead atoms. The number of rotatable bonds is 7. The summed E-state index contributed by atoms with van der Waals surface area (Å²) in [6.45, 7) is 6.37. The minimum atomic E-state index is -0.810. The molecule has 17 heavy (non-hydrogen) atoms. The summed E-state index contributed by atoms with van der Waals surface area (Å²) < 4.78 is 23.0. The van der Waals surface area contributed by atoms with Gasteiger partial charge in [-0.3, -0.25) is 0 Å². The first-order valence-electron chi connectivity index (χ1n) is 6.28. The van der Waals surface area contributed by atoms with Crippen LogP contribution in [0.1, 0.15) is 58.6 Å². The number of ether oxygens (including phenoxy) is 1. The van der Waals surface area contributed by atoms with Gasteiger partial charge in [0.15, 0.2) is 0 Å². The molecular formula is C13H22FNO2. The molecule has 0 saturated heterocycles. The molecule has 1 heterocycles. The first-order valence-corrected chi connectivity index (χ1v) is 6.28. The molecule has 1 aromatic rings. The number of halogens is 1. The van der Waals surface area contributed by atoms with E-state index < -0.39 is 6.14 Å². The van der Waals surface area contributed by atoms with Crippen molar-refractivity contribution in [2.75, 3.05) is 7.11 Å². The summed E-state index contributed by atoms with van der Waals surface area (Å²) in [5.41, 5.74) is 0.456. The molecule has 0 aliphatic rings. The topological polar surface area (TPSA) is 35.3 Å². The van der Waals surface area contributed by atoms with E-state index in [9.17, 15) is 4.39 Å². The van der Waals surface area contributed by atoms with Crippen molar-refractivity contribution in [3.63, 3.8) is 0 Å². The number of oxazole rings is 1. The molecule has 0 spiro atoms. The summed E-state index contributed by atoms with van der Waals surface area (Å²) >= 11 is 0. The Morgan fingerprint density at radius 2 is 2.00 bits per heavy atom. The normalized spacial score (nSPS) is 14.6. The van der Waals surface area contributed by atoms with Gasteiger partial charge >= 0.3 is 12.1 Å². The number of nitrogens with zero attached hydrogens (tertiary/aromatic N) is 1. The average Bonchev–Trinajstić information content (AvgIpc) is 2.69. The largest absolute Gasteiger partial charge is 0.467 e. The quantitative estimate of drug-likeness (QED) is 0.724. The van der Waals surface area contributed by atoms with Crippen LogP contribution < -0.4 is 4.74 Å². The number of aromatic nitrogens is 1. The fourth-order valence-electron chi connectivity index (χ4n) is 2.28. The van der Waals surface area contributed by atoms with Gasteiger partial charge < -0.3 is 9.15 Å². The summed E-state index contributed by atoms with van der Waals surface area (Å²) in [7, 11) is 1.48. The highest BCUT2D eigenvalue weighted by molar-refractivity contribution is 5.24. The van der Waals surface area contributed by atoms with E-state index in [0.29, 0.717) is 5.69 Å². The standard InChI is InChI=1S/C13H22FNO2/c1-5-7-9-13(3,8-6-2)10-11(16-4)17-12(14)15-10/h5-9H2,1-4H3. The second kappa shape index (κ2) is 6.03. The van der Waals surface area contributed by atoms with Gasteiger partial charge in [-0.15, -0.1) is 4.39 Å². The fourth-order valence-corrected chi connectivity index (χ4v) is 2.28. The molecule has 1 unspecified atom stereocenters. The van der Waals surface area contributed by atoms with Gasteiger partial charge in [0.1, 0.15) is 5.69 Å². The lowest BCUT2D eigenvalue weighted by atomic mass is 9.78. The van der Waals surface area contributed by atoms with Crippen molar-refractivity contribution in [3.8, 4) is 5.95 Å². The van der Waals surface area contributed by atoms with Crippen LogP contribution in [0.3, 0.4) is 0 Å². The predicted molar refractivity (Wildman–Crippen MR) is 64.8 cm³/mol. The van der Waals surface area contributed by atoms with Crippen molar-refractivity contribution >= 4 is 0 Å². The molecule has 1 rings (SSSR count). The maximum atomic E-state index is 13.1. The van der Waals surface area contributed by atoms with Gasteiger partial charge in [0, 0.05) is 5.41 Å². The van der Waals surface area contributed by atoms with Gasteiger partial charge in [0.05, 0.1) is 7.11 Å². The Kier molecular flexibility index (Phi) is 4.97. The Bertz CT molecular complexity index is 351. The molecule has 0 amide bonds. The highest BCUT2D eigenvalue weighted by Crippen LogP contribution is 2.39. The van der Waals surface area contributed by atoms with Gasteiger partial charge in [0.2, 0.25) is 0 Å². The number of hydrogen-bond donors (Lipinski definition) is 0. The van der Waals surface area contributed by atoms with Crippen molar-refractivity contribution in [2.24, 2.45) is 0 Å². The Labute approximate surface area is 102 Å². The molecule has 4 heteroatoms. The van der Waals surface area contributed by atoms with E-state index in [1.54, 1.807) is 0 Å². The van der Waals surface area contributed by atoms with E-state index in [1.807, 2.05) is 0 Å². The van der Waals surface area contributed by atoms with Crippen LogP contribution in [0, 0.1) is 6.14 Å².